The summed E-state index contributed by atoms with van der Waals surface area (Å²) in [5.41, 5.74) is 6.32. The molecule has 0 bridgehead atoms. The van der Waals surface area contributed by atoms with Gasteiger partial charge < -0.3 is 16.0 Å². The summed E-state index contributed by atoms with van der Waals surface area (Å²) in [6.07, 6.45) is 0. The monoisotopic (exact) mass is 228 g/mol. The Morgan fingerprint density at radius 3 is 3.07 bits per heavy atom. The minimum absolute atomic E-state index is 0.0365. The maximum absolute atomic E-state index is 10.8. The topological polar surface area (TPSA) is 83.8 Å². The van der Waals surface area contributed by atoms with Crippen LogP contribution in [0.15, 0.2) is 16.2 Å². The molecule has 0 fully saturated rings. The first-order chi connectivity index (χ1) is 6.74. The first kappa shape index (κ1) is 9.22. The standard InChI is InChI=1S/C7H8N4OS2/c8-5-1-6(14-11-5)9-2-4-3-13-7(12)10-4/h1,3,9H,2H2,(H2,8,11)(H,10,12). The molecule has 0 spiro atoms. The maximum atomic E-state index is 10.8. The van der Waals surface area contributed by atoms with Crippen molar-refractivity contribution in [2.75, 3.05) is 11.1 Å². The fourth-order valence-electron chi connectivity index (χ4n) is 0.955. The van der Waals surface area contributed by atoms with E-state index in [1.165, 1.54) is 11.5 Å². The van der Waals surface area contributed by atoms with Crippen molar-refractivity contribution in [3.05, 3.63) is 26.8 Å². The fraction of sp³-hybridized carbons (Fsp3) is 0.143. The predicted octanol–water partition coefficient (Wildman–Crippen LogP) is 1.09. The van der Waals surface area contributed by atoms with Crippen LogP contribution in [0.1, 0.15) is 5.69 Å². The predicted molar refractivity (Wildman–Crippen MR) is 58.8 cm³/mol. The lowest BCUT2D eigenvalue weighted by molar-refractivity contribution is 1.07. The van der Waals surface area contributed by atoms with Crippen molar-refractivity contribution in [3.63, 3.8) is 0 Å². The van der Waals surface area contributed by atoms with Gasteiger partial charge in [-0.05, 0) is 11.5 Å². The molecule has 0 saturated carbocycles. The van der Waals surface area contributed by atoms with Gasteiger partial charge in [0.15, 0.2) is 0 Å². The van der Waals surface area contributed by atoms with Crippen LogP contribution in [0.4, 0.5) is 10.8 Å². The molecule has 0 aromatic carbocycles. The van der Waals surface area contributed by atoms with Crippen molar-refractivity contribution in [1.29, 1.82) is 0 Å². The number of aromatic amines is 1. The van der Waals surface area contributed by atoms with Gasteiger partial charge in [0.2, 0.25) is 0 Å². The Morgan fingerprint density at radius 2 is 2.50 bits per heavy atom. The largest absolute Gasteiger partial charge is 0.383 e. The highest BCUT2D eigenvalue weighted by Gasteiger charge is 1.99. The summed E-state index contributed by atoms with van der Waals surface area (Å²) >= 11 is 2.46. The molecule has 2 aromatic heterocycles. The van der Waals surface area contributed by atoms with Crippen molar-refractivity contribution in [2.45, 2.75) is 6.54 Å². The number of hydrogen-bond donors (Lipinski definition) is 3. The van der Waals surface area contributed by atoms with E-state index < -0.39 is 0 Å². The lowest BCUT2D eigenvalue weighted by Gasteiger charge is -1.98. The number of aromatic nitrogens is 2. The molecule has 2 rings (SSSR count). The van der Waals surface area contributed by atoms with E-state index >= 15 is 0 Å². The van der Waals surface area contributed by atoms with E-state index in [1.807, 2.05) is 0 Å². The lowest BCUT2D eigenvalue weighted by Crippen LogP contribution is -2.01. The van der Waals surface area contributed by atoms with Crippen molar-refractivity contribution >= 4 is 33.7 Å². The number of nitrogens with two attached hydrogens (primary N) is 1. The van der Waals surface area contributed by atoms with Crippen LogP contribution in [0.2, 0.25) is 0 Å². The number of nitrogen functional groups attached to an aromatic ring is 1. The molecule has 2 aromatic rings. The molecule has 0 radical (unpaired) electrons. The molecule has 74 valence electrons. The average molecular weight is 228 g/mol. The molecule has 2 heterocycles. The third-order valence-electron chi connectivity index (χ3n) is 1.55. The second-order valence-corrected chi connectivity index (χ2v) is 4.29. The van der Waals surface area contributed by atoms with Crippen molar-refractivity contribution in [3.8, 4) is 0 Å². The van der Waals surface area contributed by atoms with Gasteiger partial charge in [0.25, 0.3) is 0 Å². The van der Waals surface area contributed by atoms with Crippen molar-refractivity contribution < 1.29 is 0 Å². The first-order valence-electron chi connectivity index (χ1n) is 3.87. The molecule has 5 nitrogen and oxygen atoms in total. The van der Waals surface area contributed by atoms with E-state index in [0.717, 1.165) is 22.0 Å². The van der Waals surface area contributed by atoms with Gasteiger partial charge in [0.1, 0.15) is 10.8 Å². The minimum Gasteiger partial charge on any atom is -0.383 e. The van der Waals surface area contributed by atoms with E-state index in [4.69, 9.17) is 5.73 Å². The van der Waals surface area contributed by atoms with Crippen LogP contribution >= 0.6 is 22.9 Å². The van der Waals surface area contributed by atoms with Gasteiger partial charge in [-0.25, -0.2) is 0 Å². The van der Waals surface area contributed by atoms with E-state index in [9.17, 15) is 4.79 Å². The smallest absolute Gasteiger partial charge is 0.304 e. The molecule has 4 N–H and O–H groups in total. The number of nitrogens with one attached hydrogen (secondary N) is 2. The van der Waals surface area contributed by atoms with Gasteiger partial charge in [-0.2, -0.15) is 4.37 Å². The van der Waals surface area contributed by atoms with Gasteiger partial charge in [-0.15, -0.1) is 0 Å². The van der Waals surface area contributed by atoms with Crippen molar-refractivity contribution in [2.24, 2.45) is 0 Å². The molecule has 0 atom stereocenters. The minimum atomic E-state index is -0.0365. The Balaban J connectivity index is 1.98. The van der Waals surface area contributed by atoms with Crippen LogP contribution < -0.4 is 15.9 Å². The Kier molecular flexibility index (Phi) is 2.51. The number of nitrogens with zero attached hydrogens (tertiary/aromatic N) is 1. The summed E-state index contributed by atoms with van der Waals surface area (Å²) in [6, 6.07) is 1.76. The highest BCUT2D eigenvalue weighted by Crippen LogP contribution is 2.17. The zero-order valence-corrected chi connectivity index (χ0v) is 8.74. The van der Waals surface area contributed by atoms with Crippen LogP contribution in [-0.4, -0.2) is 9.36 Å². The molecular weight excluding hydrogens is 220 g/mol. The number of H-pyrrole nitrogens is 1. The van der Waals surface area contributed by atoms with Crippen LogP contribution in [-0.2, 0) is 6.54 Å². The summed E-state index contributed by atoms with van der Waals surface area (Å²) in [5, 5.41) is 5.80. The molecule has 0 amide bonds. The third-order valence-corrected chi connectivity index (χ3v) is 3.03. The summed E-state index contributed by atoms with van der Waals surface area (Å²) in [4.78, 5) is 13.5. The molecule has 0 aliphatic carbocycles. The molecule has 14 heavy (non-hydrogen) atoms. The molecule has 7 heteroatoms. The lowest BCUT2D eigenvalue weighted by atomic mass is 10.5. The van der Waals surface area contributed by atoms with Crippen LogP contribution in [0, 0.1) is 0 Å². The zero-order chi connectivity index (χ0) is 9.97. The van der Waals surface area contributed by atoms with Crippen molar-refractivity contribution in [1.82, 2.24) is 9.36 Å². The second kappa shape index (κ2) is 3.81. The van der Waals surface area contributed by atoms with Crippen LogP contribution in [0.3, 0.4) is 0 Å². The van der Waals surface area contributed by atoms with Gasteiger partial charge >= 0.3 is 4.87 Å². The summed E-state index contributed by atoms with van der Waals surface area (Å²) in [5.74, 6) is 0.510. The third kappa shape index (κ3) is 2.12. The maximum Gasteiger partial charge on any atom is 0.304 e. The summed E-state index contributed by atoms with van der Waals surface area (Å²) in [6.45, 7) is 0.584. The van der Waals surface area contributed by atoms with Gasteiger partial charge in [-0.3, -0.25) is 4.79 Å². The highest BCUT2D eigenvalue weighted by atomic mass is 32.1. The Labute approximate surface area is 87.8 Å². The normalized spacial score (nSPS) is 10.3. The average Bonchev–Trinajstić information content (AvgIpc) is 2.72. The van der Waals surface area contributed by atoms with E-state index in [2.05, 4.69) is 14.7 Å². The number of rotatable bonds is 3. The summed E-state index contributed by atoms with van der Waals surface area (Å²) in [7, 11) is 0. The zero-order valence-electron chi connectivity index (χ0n) is 7.11. The van der Waals surface area contributed by atoms with Gasteiger partial charge in [-0.1, -0.05) is 11.3 Å². The fourth-order valence-corrected chi connectivity index (χ4v) is 2.10. The molecular formula is C7H8N4OS2. The van der Waals surface area contributed by atoms with Gasteiger partial charge in [0, 0.05) is 17.1 Å². The summed E-state index contributed by atoms with van der Waals surface area (Å²) < 4.78 is 3.92. The van der Waals surface area contributed by atoms with Gasteiger partial charge in [0.05, 0.1) is 6.54 Å². The van der Waals surface area contributed by atoms with Crippen LogP contribution in [0.5, 0.6) is 0 Å². The quantitative estimate of drug-likeness (QED) is 0.734. The van der Waals surface area contributed by atoms with E-state index in [-0.39, 0.29) is 4.87 Å². The SMILES string of the molecule is Nc1cc(NCc2csc(=O)[nH]2)sn1. The number of thiazole rings is 1. The molecule has 0 unspecified atom stereocenters. The number of anilines is 2. The Bertz CT molecular complexity index is 472. The second-order valence-electron chi connectivity index (χ2n) is 2.64. The van der Waals surface area contributed by atoms with E-state index in [1.54, 1.807) is 11.4 Å². The molecule has 0 saturated heterocycles. The first-order valence-corrected chi connectivity index (χ1v) is 5.52. The Hall–Kier alpha value is -1.34. The molecule has 0 aliphatic heterocycles. The molecule has 0 aliphatic rings. The Morgan fingerprint density at radius 1 is 1.64 bits per heavy atom. The number of hydrogen-bond acceptors (Lipinski definition) is 6. The van der Waals surface area contributed by atoms with Crippen LogP contribution in [0.25, 0.3) is 0 Å². The highest BCUT2D eigenvalue weighted by molar-refractivity contribution is 7.10. The van der Waals surface area contributed by atoms with E-state index in [0.29, 0.717) is 12.4 Å².